The molecule has 0 fully saturated rings. The molecule has 23 heavy (non-hydrogen) atoms. The van der Waals surface area contributed by atoms with Crippen molar-refractivity contribution in [2.45, 2.75) is 24.9 Å². The van der Waals surface area contributed by atoms with Crippen molar-refractivity contribution < 1.29 is 8.95 Å². The van der Waals surface area contributed by atoms with Crippen LogP contribution in [0, 0.1) is 11.3 Å². The molecule has 1 N–H and O–H groups in total. The predicted octanol–water partition coefficient (Wildman–Crippen LogP) is 2.48. The van der Waals surface area contributed by atoms with Gasteiger partial charge in [-0.05, 0) is 24.1 Å². The second-order valence-electron chi connectivity index (χ2n) is 5.07. The van der Waals surface area contributed by atoms with Gasteiger partial charge in [0.1, 0.15) is 0 Å². The molecule has 0 saturated heterocycles. The van der Waals surface area contributed by atoms with Gasteiger partial charge < -0.3 is 9.72 Å². The summed E-state index contributed by atoms with van der Waals surface area (Å²) < 4.78 is 17.5. The summed E-state index contributed by atoms with van der Waals surface area (Å²) in [5.41, 5.74) is 1.88. The summed E-state index contributed by atoms with van der Waals surface area (Å²) in [7, 11) is -1.14. The molecule has 0 amide bonds. The average molecular weight is 330 g/mol. The number of hydrogen-bond acceptors (Lipinski definition) is 4. The molecule has 0 saturated carbocycles. The van der Waals surface area contributed by atoms with Crippen LogP contribution in [0.25, 0.3) is 0 Å². The van der Waals surface area contributed by atoms with Gasteiger partial charge in [0.25, 0.3) is 0 Å². The first kappa shape index (κ1) is 17.0. The lowest BCUT2D eigenvalue weighted by Crippen LogP contribution is -2.11. The Morgan fingerprint density at radius 3 is 2.61 bits per heavy atom. The highest BCUT2D eigenvalue weighted by Gasteiger charge is 2.07. The number of nitriles is 1. The SMILES string of the molecule is CCCOc1c[nH]c(CS(=O)Cc2ccc(C#N)cc2)cc1=O. The van der Waals surface area contributed by atoms with E-state index in [2.05, 4.69) is 4.98 Å². The van der Waals surface area contributed by atoms with Gasteiger partial charge in [0.2, 0.25) is 5.43 Å². The van der Waals surface area contributed by atoms with E-state index in [9.17, 15) is 9.00 Å². The number of rotatable bonds is 7. The van der Waals surface area contributed by atoms with Crippen LogP contribution in [0.15, 0.2) is 41.3 Å². The standard InChI is InChI=1S/C17H18N2O3S/c1-2-7-22-17-10-19-15(8-16(17)20)12-23(21)11-14-5-3-13(9-18)4-6-14/h3-6,8,10H,2,7,11-12H2,1H3,(H,19,20). The molecule has 0 aliphatic heterocycles. The first-order valence-corrected chi connectivity index (χ1v) is 8.79. The molecular weight excluding hydrogens is 312 g/mol. The molecule has 6 heteroatoms. The zero-order valence-electron chi connectivity index (χ0n) is 12.9. The van der Waals surface area contributed by atoms with Gasteiger partial charge in [-0.15, -0.1) is 0 Å². The molecule has 0 aliphatic carbocycles. The molecule has 0 bridgehead atoms. The second kappa shape index (κ2) is 8.30. The van der Waals surface area contributed by atoms with Gasteiger partial charge >= 0.3 is 0 Å². The fourth-order valence-corrected chi connectivity index (χ4v) is 3.17. The van der Waals surface area contributed by atoms with E-state index in [1.54, 1.807) is 24.3 Å². The number of aromatic nitrogens is 1. The maximum absolute atomic E-state index is 12.2. The minimum absolute atomic E-state index is 0.206. The highest BCUT2D eigenvalue weighted by atomic mass is 32.2. The molecule has 120 valence electrons. The highest BCUT2D eigenvalue weighted by Crippen LogP contribution is 2.10. The smallest absolute Gasteiger partial charge is 0.223 e. The molecular formula is C17H18N2O3S. The summed E-state index contributed by atoms with van der Waals surface area (Å²) in [6.45, 7) is 2.46. The summed E-state index contributed by atoms with van der Waals surface area (Å²) in [5, 5.41) is 8.75. The Bertz CT molecular complexity index is 776. The van der Waals surface area contributed by atoms with E-state index in [0.29, 0.717) is 23.6 Å². The molecule has 1 unspecified atom stereocenters. The Labute approximate surface area is 137 Å². The quantitative estimate of drug-likeness (QED) is 0.845. The van der Waals surface area contributed by atoms with Crippen molar-refractivity contribution in [3.05, 3.63) is 63.6 Å². The zero-order chi connectivity index (χ0) is 16.7. The molecule has 1 heterocycles. The molecule has 5 nitrogen and oxygen atoms in total. The van der Waals surface area contributed by atoms with Crippen LogP contribution in [-0.4, -0.2) is 15.8 Å². The predicted molar refractivity (Wildman–Crippen MR) is 89.6 cm³/mol. The van der Waals surface area contributed by atoms with Crippen molar-refractivity contribution >= 4 is 10.8 Å². The van der Waals surface area contributed by atoms with Crippen LogP contribution in [0.4, 0.5) is 0 Å². The van der Waals surface area contributed by atoms with Crippen molar-refractivity contribution in [3.63, 3.8) is 0 Å². The van der Waals surface area contributed by atoms with Gasteiger partial charge in [-0.3, -0.25) is 9.00 Å². The topological polar surface area (TPSA) is 82.9 Å². The van der Waals surface area contributed by atoms with Crippen LogP contribution in [0.3, 0.4) is 0 Å². The number of H-pyrrole nitrogens is 1. The molecule has 1 aromatic heterocycles. The zero-order valence-corrected chi connectivity index (χ0v) is 13.7. The second-order valence-corrected chi connectivity index (χ2v) is 6.53. The van der Waals surface area contributed by atoms with Crippen molar-refractivity contribution in [3.8, 4) is 11.8 Å². The van der Waals surface area contributed by atoms with Crippen LogP contribution in [0.2, 0.25) is 0 Å². The van der Waals surface area contributed by atoms with Gasteiger partial charge in [-0.2, -0.15) is 5.26 Å². The number of nitrogens with one attached hydrogen (secondary N) is 1. The Hall–Kier alpha value is -2.39. The molecule has 0 aliphatic rings. The average Bonchev–Trinajstić information content (AvgIpc) is 2.55. The van der Waals surface area contributed by atoms with Crippen molar-refractivity contribution in [2.24, 2.45) is 0 Å². The molecule has 1 atom stereocenters. The van der Waals surface area contributed by atoms with E-state index < -0.39 is 10.8 Å². The summed E-state index contributed by atoms with van der Waals surface area (Å²) in [5.74, 6) is 0.930. The summed E-state index contributed by atoms with van der Waals surface area (Å²) in [6, 6.07) is 10.5. The van der Waals surface area contributed by atoms with E-state index in [-0.39, 0.29) is 16.9 Å². The first-order valence-electron chi connectivity index (χ1n) is 7.30. The van der Waals surface area contributed by atoms with Gasteiger partial charge in [0.15, 0.2) is 5.75 Å². The highest BCUT2D eigenvalue weighted by molar-refractivity contribution is 7.83. The summed E-state index contributed by atoms with van der Waals surface area (Å²) in [6.07, 6.45) is 2.35. The molecule has 2 rings (SSSR count). The molecule has 0 spiro atoms. The van der Waals surface area contributed by atoms with Crippen molar-refractivity contribution in [1.82, 2.24) is 4.98 Å². The fraction of sp³-hybridized carbons (Fsp3) is 0.294. The van der Waals surface area contributed by atoms with Crippen LogP contribution in [-0.2, 0) is 22.3 Å². The summed E-state index contributed by atoms with van der Waals surface area (Å²) >= 11 is 0. The van der Waals surface area contributed by atoms with Gasteiger partial charge in [0.05, 0.1) is 24.0 Å². The van der Waals surface area contributed by atoms with Gasteiger partial charge in [-0.25, -0.2) is 0 Å². The number of ether oxygens (including phenoxy) is 1. The van der Waals surface area contributed by atoms with Gasteiger partial charge in [0, 0.05) is 34.5 Å². The number of nitrogens with zero attached hydrogens (tertiary/aromatic N) is 1. The number of hydrogen-bond donors (Lipinski definition) is 1. The maximum atomic E-state index is 12.2. The first-order chi connectivity index (χ1) is 11.1. The lowest BCUT2D eigenvalue weighted by atomic mass is 10.2. The molecule has 0 radical (unpaired) electrons. The van der Waals surface area contributed by atoms with Crippen LogP contribution < -0.4 is 10.2 Å². The maximum Gasteiger partial charge on any atom is 0.223 e. The number of benzene rings is 1. The van der Waals surface area contributed by atoms with E-state index in [4.69, 9.17) is 10.00 Å². The Morgan fingerprint density at radius 1 is 1.26 bits per heavy atom. The van der Waals surface area contributed by atoms with Crippen molar-refractivity contribution in [1.29, 1.82) is 5.26 Å². The Balaban J connectivity index is 1.98. The monoisotopic (exact) mass is 330 g/mol. The van der Waals surface area contributed by atoms with E-state index in [1.165, 1.54) is 12.3 Å². The minimum Gasteiger partial charge on any atom is -0.488 e. The minimum atomic E-state index is -1.14. The van der Waals surface area contributed by atoms with Crippen molar-refractivity contribution in [2.75, 3.05) is 6.61 Å². The van der Waals surface area contributed by atoms with Crippen LogP contribution in [0.1, 0.15) is 30.2 Å². The third-order valence-corrected chi connectivity index (χ3v) is 4.41. The Kier molecular flexibility index (Phi) is 6.12. The Morgan fingerprint density at radius 2 is 2.00 bits per heavy atom. The lowest BCUT2D eigenvalue weighted by Gasteiger charge is -2.06. The van der Waals surface area contributed by atoms with E-state index >= 15 is 0 Å². The number of pyridine rings is 1. The van der Waals surface area contributed by atoms with E-state index in [1.807, 2.05) is 13.0 Å². The lowest BCUT2D eigenvalue weighted by molar-refractivity contribution is 0.313. The third-order valence-electron chi connectivity index (χ3n) is 3.13. The molecule has 2 aromatic rings. The molecule has 1 aromatic carbocycles. The van der Waals surface area contributed by atoms with Gasteiger partial charge in [-0.1, -0.05) is 19.1 Å². The fourth-order valence-electron chi connectivity index (χ4n) is 1.99. The normalized spacial score (nSPS) is 11.7. The largest absolute Gasteiger partial charge is 0.488 e. The summed E-state index contributed by atoms with van der Waals surface area (Å²) in [4.78, 5) is 14.8. The number of aromatic amines is 1. The van der Waals surface area contributed by atoms with Crippen LogP contribution >= 0.6 is 0 Å². The third kappa shape index (κ3) is 5.08. The van der Waals surface area contributed by atoms with E-state index in [0.717, 1.165) is 12.0 Å². The van der Waals surface area contributed by atoms with Crippen LogP contribution in [0.5, 0.6) is 5.75 Å².